The molecule has 0 radical (unpaired) electrons. The van der Waals surface area contributed by atoms with E-state index < -0.39 is 4.92 Å². The van der Waals surface area contributed by atoms with Crippen molar-refractivity contribution in [3.05, 3.63) is 49.9 Å². The lowest BCUT2D eigenvalue weighted by Crippen LogP contribution is -1.93. The standard InChI is InChI=1S/C11H7N5O2/c12-8-9-4-5-10(11(7-9)16(17)18)3-1-2-6-14-15-13/h4-5,7H,2,6H2. The molecule has 0 aliphatic heterocycles. The quantitative estimate of drug-likeness (QED) is 0.154. The molecule has 7 heteroatoms. The van der Waals surface area contributed by atoms with Crippen LogP contribution in [0.5, 0.6) is 0 Å². The molecule has 0 spiro atoms. The Morgan fingerprint density at radius 2 is 2.33 bits per heavy atom. The van der Waals surface area contributed by atoms with Crippen molar-refractivity contribution in [1.82, 2.24) is 0 Å². The molecule has 0 aromatic heterocycles. The molecule has 18 heavy (non-hydrogen) atoms. The van der Waals surface area contributed by atoms with Gasteiger partial charge in [0, 0.05) is 23.9 Å². The lowest BCUT2D eigenvalue weighted by Gasteiger charge is -1.95. The number of hydrogen-bond acceptors (Lipinski definition) is 4. The normalized spacial score (nSPS) is 8.39. The van der Waals surface area contributed by atoms with Crippen molar-refractivity contribution in [2.45, 2.75) is 6.42 Å². The first-order valence-corrected chi connectivity index (χ1v) is 4.87. The summed E-state index contributed by atoms with van der Waals surface area (Å²) in [6.45, 7) is 0.216. The largest absolute Gasteiger partial charge is 0.286 e. The van der Waals surface area contributed by atoms with Crippen LogP contribution in [-0.4, -0.2) is 11.5 Å². The van der Waals surface area contributed by atoms with Gasteiger partial charge in [0.15, 0.2) is 0 Å². The van der Waals surface area contributed by atoms with Gasteiger partial charge in [0.05, 0.1) is 16.6 Å². The highest BCUT2D eigenvalue weighted by molar-refractivity contribution is 5.54. The van der Waals surface area contributed by atoms with E-state index in [1.807, 2.05) is 6.07 Å². The maximum absolute atomic E-state index is 10.8. The third-order valence-corrected chi connectivity index (χ3v) is 1.95. The maximum Gasteiger partial charge on any atom is 0.286 e. The monoisotopic (exact) mass is 241 g/mol. The molecule has 1 aromatic carbocycles. The summed E-state index contributed by atoms with van der Waals surface area (Å²) in [4.78, 5) is 12.8. The van der Waals surface area contributed by atoms with Crippen LogP contribution in [0.15, 0.2) is 23.3 Å². The predicted octanol–water partition coefficient (Wildman–Crippen LogP) is 2.52. The maximum atomic E-state index is 10.8. The van der Waals surface area contributed by atoms with E-state index in [-0.39, 0.29) is 23.4 Å². The first-order chi connectivity index (χ1) is 8.69. The van der Waals surface area contributed by atoms with Crippen molar-refractivity contribution < 1.29 is 4.92 Å². The highest BCUT2D eigenvalue weighted by Crippen LogP contribution is 2.18. The average Bonchev–Trinajstić information content (AvgIpc) is 2.38. The molecule has 88 valence electrons. The Hall–Kier alpha value is -3.02. The molecule has 0 bridgehead atoms. The molecule has 7 nitrogen and oxygen atoms in total. The predicted molar refractivity (Wildman–Crippen MR) is 63.3 cm³/mol. The summed E-state index contributed by atoms with van der Waals surface area (Å²) >= 11 is 0. The van der Waals surface area contributed by atoms with E-state index in [9.17, 15) is 10.1 Å². The fourth-order valence-corrected chi connectivity index (χ4v) is 1.17. The second-order valence-corrected chi connectivity index (χ2v) is 3.11. The zero-order valence-corrected chi connectivity index (χ0v) is 9.20. The van der Waals surface area contributed by atoms with Gasteiger partial charge in [-0.1, -0.05) is 17.0 Å². The van der Waals surface area contributed by atoms with E-state index >= 15 is 0 Å². The van der Waals surface area contributed by atoms with Crippen molar-refractivity contribution in [2.24, 2.45) is 5.11 Å². The topological polar surface area (TPSA) is 116 Å². The number of nitro benzene ring substituents is 1. The van der Waals surface area contributed by atoms with Gasteiger partial charge >= 0.3 is 0 Å². The number of nitrogens with zero attached hydrogens (tertiary/aromatic N) is 5. The number of rotatable bonds is 3. The Balaban J connectivity index is 2.98. The number of benzene rings is 1. The van der Waals surface area contributed by atoms with Crippen LogP contribution < -0.4 is 0 Å². The summed E-state index contributed by atoms with van der Waals surface area (Å²) in [5.74, 6) is 5.29. The van der Waals surface area contributed by atoms with Gasteiger partial charge < -0.3 is 0 Å². The van der Waals surface area contributed by atoms with E-state index in [0.29, 0.717) is 6.42 Å². The smallest absolute Gasteiger partial charge is 0.258 e. The molecule has 0 amide bonds. The van der Waals surface area contributed by atoms with Crippen molar-refractivity contribution in [3.8, 4) is 17.9 Å². The second kappa shape index (κ2) is 6.54. The number of nitriles is 1. The van der Waals surface area contributed by atoms with Crippen molar-refractivity contribution in [3.63, 3.8) is 0 Å². The third-order valence-electron chi connectivity index (χ3n) is 1.95. The van der Waals surface area contributed by atoms with Crippen LogP contribution in [0.3, 0.4) is 0 Å². The van der Waals surface area contributed by atoms with E-state index in [0.717, 1.165) is 0 Å². The Labute approximate surface area is 102 Å². The summed E-state index contributed by atoms with van der Waals surface area (Å²) in [5.41, 5.74) is 8.29. The highest BCUT2D eigenvalue weighted by atomic mass is 16.6. The van der Waals surface area contributed by atoms with Crippen molar-refractivity contribution in [1.29, 1.82) is 5.26 Å². The van der Waals surface area contributed by atoms with E-state index in [1.165, 1.54) is 18.2 Å². The van der Waals surface area contributed by atoms with Crippen LogP contribution in [0.2, 0.25) is 0 Å². The molecule has 1 aromatic rings. The van der Waals surface area contributed by atoms with Gasteiger partial charge in [-0.2, -0.15) is 5.26 Å². The summed E-state index contributed by atoms with van der Waals surface area (Å²) in [7, 11) is 0. The van der Waals surface area contributed by atoms with Crippen molar-refractivity contribution in [2.75, 3.05) is 6.54 Å². The Morgan fingerprint density at radius 1 is 1.56 bits per heavy atom. The average molecular weight is 241 g/mol. The number of hydrogen-bond donors (Lipinski definition) is 0. The zero-order chi connectivity index (χ0) is 13.4. The van der Waals surface area contributed by atoms with E-state index in [1.54, 1.807) is 0 Å². The molecule has 0 aliphatic rings. The number of azide groups is 1. The van der Waals surface area contributed by atoms with Crippen LogP contribution in [0.4, 0.5) is 5.69 Å². The Bertz CT molecular complexity index is 615. The minimum Gasteiger partial charge on any atom is -0.258 e. The molecular formula is C11H7N5O2. The van der Waals surface area contributed by atoms with Gasteiger partial charge in [-0.05, 0) is 17.7 Å². The van der Waals surface area contributed by atoms with Crippen LogP contribution in [-0.2, 0) is 0 Å². The van der Waals surface area contributed by atoms with Gasteiger partial charge in [0.2, 0.25) is 0 Å². The van der Waals surface area contributed by atoms with E-state index in [2.05, 4.69) is 21.9 Å². The molecule has 0 atom stereocenters. The number of nitro groups is 1. The highest BCUT2D eigenvalue weighted by Gasteiger charge is 2.12. The molecule has 0 aliphatic carbocycles. The second-order valence-electron chi connectivity index (χ2n) is 3.11. The molecule has 0 saturated carbocycles. The van der Waals surface area contributed by atoms with Gasteiger partial charge in [-0.25, -0.2) is 0 Å². The molecule has 0 N–H and O–H groups in total. The summed E-state index contributed by atoms with van der Waals surface area (Å²) in [5, 5.41) is 22.7. The Morgan fingerprint density at radius 3 is 2.94 bits per heavy atom. The minimum atomic E-state index is -0.585. The minimum absolute atomic E-state index is 0.203. The summed E-state index contributed by atoms with van der Waals surface area (Å²) in [6.07, 6.45) is 0.321. The fraction of sp³-hybridized carbons (Fsp3) is 0.182. The Kier molecular flexibility index (Phi) is 4.74. The van der Waals surface area contributed by atoms with Crippen molar-refractivity contribution >= 4 is 5.69 Å². The first kappa shape index (κ1) is 13.0. The zero-order valence-electron chi connectivity index (χ0n) is 9.20. The van der Waals surface area contributed by atoms with Crippen LogP contribution in [0, 0.1) is 33.3 Å². The van der Waals surface area contributed by atoms with Gasteiger partial charge in [-0.15, -0.1) is 0 Å². The van der Waals surface area contributed by atoms with Crippen LogP contribution in [0.25, 0.3) is 10.4 Å². The summed E-state index contributed by atoms with van der Waals surface area (Å²) in [6, 6.07) is 5.89. The lowest BCUT2D eigenvalue weighted by atomic mass is 10.1. The van der Waals surface area contributed by atoms with Gasteiger partial charge in [0.1, 0.15) is 5.56 Å². The summed E-state index contributed by atoms with van der Waals surface area (Å²) < 4.78 is 0. The lowest BCUT2D eigenvalue weighted by molar-refractivity contribution is -0.385. The molecule has 1 rings (SSSR count). The first-order valence-electron chi connectivity index (χ1n) is 4.87. The molecule has 0 fully saturated rings. The fourth-order valence-electron chi connectivity index (χ4n) is 1.17. The van der Waals surface area contributed by atoms with E-state index in [4.69, 9.17) is 10.8 Å². The van der Waals surface area contributed by atoms with Gasteiger partial charge in [-0.3, -0.25) is 10.1 Å². The third kappa shape index (κ3) is 3.53. The molecular weight excluding hydrogens is 234 g/mol. The molecule has 0 unspecified atom stereocenters. The molecule has 0 heterocycles. The van der Waals surface area contributed by atoms with Crippen LogP contribution in [0.1, 0.15) is 17.5 Å². The molecule has 0 saturated heterocycles. The SMILES string of the molecule is N#Cc1ccc(C#CCCN=[N+]=[N-])c([N+](=O)[O-])c1. The van der Waals surface area contributed by atoms with Crippen LogP contribution >= 0.6 is 0 Å². The van der Waals surface area contributed by atoms with Gasteiger partial charge in [0.25, 0.3) is 5.69 Å².